The Morgan fingerprint density at radius 3 is 2.53 bits per heavy atom. The molecule has 0 saturated heterocycles. The van der Waals surface area contributed by atoms with E-state index in [2.05, 4.69) is 16.0 Å². The number of aromatic nitrogens is 3. The van der Waals surface area contributed by atoms with Crippen LogP contribution in [0.3, 0.4) is 0 Å². The highest BCUT2D eigenvalue weighted by atomic mass is 16.3. The molecule has 152 valence electrons. The van der Waals surface area contributed by atoms with E-state index in [0.717, 1.165) is 45.3 Å². The molecule has 0 radical (unpaired) electrons. The number of hydrogen-bond donors (Lipinski definition) is 3. The number of likely N-dealkylation sites (N-methyl/N-ethyl adjacent to an activating group) is 1. The highest BCUT2D eigenvalue weighted by Gasteiger charge is 2.34. The SMILES string of the molecule is Cc1ccc(-n2c(O)c([C@@H]3c4[nH]c5ccccc5c4CCN3C)c(=O)[nH]c2=O)cc1. The Kier molecular flexibility index (Phi) is 4.15. The summed E-state index contributed by atoms with van der Waals surface area (Å²) in [7, 11) is 1.92. The lowest BCUT2D eigenvalue weighted by Gasteiger charge is -2.33. The first kappa shape index (κ1) is 18.4. The van der Waals surface area contributed by atoms with Crippen LogP contribution in [0.4, 0.5) is 0 Å². The second-order valence-electron chi connectivity index (χ2n) is 7.86. The van der Waals surface area contributed by atoms with Gasteiger partial charge in [0.1, 0.15) is 5.56 Å². The van der Waals surface area contributed by atoms with Crippen LogP contribution >= 0.6 is 0 Å². The van der Waals surface area contributed by atoms with Crippen molar-refractivity contribution in [2.24, 2.45) is 0 Å². The molecule has 0 bridgehead atoms. The van der Waals surface area contributed by atoms with Crippen molar-refractivity contribution < 1.29 is 5.11 Å². The molecule has 0 saturated carbocycles. The van der Waals surface area contributed by atoms with Gasteiger partial charge < -0.3 is 10.1 Å². The van der Waals surface area contributed by atoms with E-state index in [-0.39, 0.29) is 11.4 Å². The summed E-state index contributed by atoms with van der Waals surface area (Å²) in [6, 6.07) is 14.7. The standard InChI is InChI=1S/C23H22N4O3/c1-13-7-9-14(10-8-13)27-22(29)18(21(28)25-23(27)30)20-19-16(11-12-26(20)2)15-5-3-4-6-17(15)24-19/h3-10,20,24,29H,11-12H2,1-2H3,(H,25,28,30)/t20-/m1/s1. The summed E-state index contributed by atoms with van der Waals surface area (Å²) in [6.45, 7) is 2.67. The van der Waals surface area contributed by atoms with E-state index in [0.29, 0.717) is 5.69 Å². The molecule has 1 aliphatic heterocycles. The number of aromatic amines is 2. The van der Waals surface area contributed by atoms with Crippen molar-refractivity contribution in [3.05, 3.63) is 91.8 Å². The van der Waals surface area contributed by atoms with Gasteiger partial charge in [0.15, 0.2) is 0 Å². The highest BCUT2D eigenvalue weighted by molar-refractivity contribution is 5.85. The second-order valence-corrected chi connectivity index (χ2v) is 7.86. The lowest BCUT2D eigenvalue weighted by Crippen LogP contribution is -2.39. The average molecular weight is 402 g/mol. The second kappa shape index (κ2) is 6.74. The molecule has 7 heteroatoms. The van der Waals surface area contributed by atoms with Gasteiger partial charge >= 0.3 is 5.69 Å². The maximum absolute atomic E-state index is 12.9. The molecule has 3 heterocycles. The minimum absolute atomic E-state index is 0.158. The smallest absolute Gasteiger partial charge is 0.335 e. The van der Waals surface area contributed by atoms with Crippen molar-refractivity contribution in [2.75, 3.05) is 13.6 Å². The molecular weight excluding hydrogens is 380 g/mol. The zero-order valence-electron chi connectivity index (χ0n) is 16.8. The van der Waals surface area contributed by atoms with Crippen LogP contribution in [0.15, 0.2) is 58.1 Å². The summed E-state index contributed by atoms with van der Waals surface area (Å²) < 4.78 is 1.15. The molecule has 30 heavy (non-hydrogen) atoms. The van der Waals surface area contributed by atoms with Gasteiger partial charge in [-0.05, 0) is 44.2 Å². The van der Waals surface area contributed by atoms with E-state index in [1.165, 1.54) is 0 Å². The molecule has 4 aromatic rings. The maximum atomic E-state index is 12.9. The van der Waals surface area contributed by atoms with Crippen LogP contribution in [0.1, 0.15) is 28.4 Å². The van der Waals surface area contributed by atoms with E-state index in [1.807, 2.05) is 49.2 Å². The molecule has 5 rings (SSSR count). The first-order valence-electron chi connectivity index (χ1n) is 9.90. The van der Waals surface area contributed by atoms with E-state index >= 15 is 0 Å². The third-order valence-electron chi connectivity index (χ3n) is 5.96. The van der Waals surface area contributed by atoms with Gasteiger partial charge in [-0.15, -0.1) is 0 Å². The number of para-hydroxylation sites is 1. The summed E-state index contributed by atoms with van der Waals surface area (Å²) in [5.74, 6) is -0.337. The Labute approximate surface area is 172 Å². The van der Waals surface area contributed by atoms with Crippen molar-refractivity contribution in [1.82, 2.24) is 19.4 Å². The van der Waals surface area contributed by atoms with Gasteiger partial charge in [0.25, 0.3) is 5.56 Å². The summed E-state index contributed by atoms with van der Waals surface area (Å²) in [5, 5.41) is 12.3. The Balaban J connectivity index is 1.77. The minimum atomic E-state index is -0.666. The molecule has 1 atom stereocenters. The fraction of sp³-hybridized carbons (Fsp3) is 0.217. The molecule has 7 nitrogen and oxygen atoms in total. The normalized spacial score (nSPS) is 16.7. The molecular formula is C23H22N4O3. The third kappa shape index (κ3) is 2.70. The summed E-state index contributed by atoms with van der Waals surface area (Å²) in [5.41, 5.74) is 3.45. The van der Waals surface area contributed by atoms with Gasteiger partial charge in [0.05, 0.1) is 11.7 Å². The van der Waals surface area contributed by atoms with Gasteiger partial charge in [-0.3, -0.25) is 14.7 Å². The van der Waals surface area contributed by atoms with Crippen LogP contribution in [0.5, 0.6) is 5.88 Å². The van der Waals surface area contributed by atoms with Crippen LogP contribution in [-0.2, 0) is 6.42 Å². The number of H-pyrrole nitrogens is 2. The van der Waals surface area contributed by atoms with E-state index in [9.17, 15) is 14.7 Å². The van der Waals surface area contributed by atoms with Crippen molar-refractivity contribution in [2.45, 2.75) is 19.4 Å². The van der Waals surface area contributed by atoms with E-state index in [1.54, 1.807) is 12.1 Å². The predicted octanol–water partition coefficient (Wildman–Crippen LogP) is 2.60. The van der Waals surface area contributed by atoms with Crippen molar-refractivity contribution >= 4 is 10.9 Å². The molecule has 0 fully saturated rings. The van der Waals surface area contributed by atoms with Gasteiger partial charge in [-0.25, -0.2) is 9.36 Å². The first-order chi connectivity index (χ1) is 14.5. The molecule has 0 amide bonds. The predicted molar refractivity (Wildman–Crippen MR) is 116 cm³/mol. The summed E-state index contributed by atoms with van der Waals surface area (Å²) >= 11 is 0. The van der Waals surface area contributed by atoms with Gasteiger partial charge in [0.2, 0.25) is 5.88 Å². The number of nitrogens with one attached hydrogen (secondary N) is 2. The number of aromatic hydroxyl groups is 1. The third-order valence-corrected chi connectivity index (χ3v) is 5.96. The Hall–Kier alpha value is -3.58. The highest BCUT2D eigenvalue weighted by Crippen LogP contribution is 2.38. The van der Waals surface area contributed by atoms with Gasteiger partial charge in [0, 0.05) is 23.1 Å². The number of nitrogens with zero attached hydrogens (tertiary/aromatic N) is 2. The fourth-order valence-electron chi connectivity index (χ4n) is 4.44. The number of aryl methyl sites for hydroxylation is 1. The Morgan fingerprint density at radius 2 is 1.77 bits per heavy atom. The zero-order valence-corrected chi connectivity index (χ0v) is 16.8. The molecule has 3 N–H and O–H groups in total. The van der Waals surface area contributed by atoms with Crippen LogP contribution < -0.4 is 11.2 Å². The lowest BCUT2D eigenvalue weighted by atomic mass is 9.94. The summed E-state index contributed by atoms with van der Waals surface area (Å²) in [6.07, 6.45) is 0.836. The van der Waals surface area contributed by atoms with Crippen LogP contribution in [0, 0.1) is 6.92 Å². The van der Waals surface area contributed by atoms with Crippen LogP contribution in [0.25, 0.3) is 16.6 Å². The molecule has 0 unspecified atom stereocenters. The topological polar surface area (TPSA) is 94.1 Å². The number of fused-ring (bicyclic) bond motifs is 3. The molecule has 1 aliphatic rings. The minimum Gasteiger partial charge on any atom is -0.494 e. The Morgan fingerprint density at radius 1 is 1.03 bits per heavy atom. The van der Waals surface area contributed by atoms with Crippen molar-refractivity contribution in [3.63, 3.8) is 0 Å². The van der Waals surface area contributed by atoms with Crippen LogP contribution in [-0.4, -0.2) is 38.1 Å². The van der Waals surface area contributed by atoms with Gasteiger partial charge in [-0.1, -0.05) is 35.9 Å². The first-order valence-corrected chi connectivity index (χ1v) is 9.90. The molecule has 2 aromatic carbocycles. The maximum Gasteiger partial charge on any atom is 0.335 e. The number of rotatable bonds is 2. The molecule has 0 spiro atoms. The van der Waals surface area contributed by atoms with Crippen molar-refractivity contribution in [1.29, 1.82) is 0 Å². The van der Waals surface area contributed by atoms with Gasteiger partial charge in [-0.2, -0.15) is 0 Å². The molecule has 0 aliphatic carbocycles. The molecule has 2 aromatic heterocycles. The zero-order chi connectivity index (χ0) is 21.0. The number of hydrogen-bond acceptors (Lipinski definition) is 4. The summed E-state index contributed by atoms with van der Waals surface area (Å²) in [4.78, 5) is 33.3. The average Bonchev–Trinajstić information content (AvgIpc) is 3.09. The van der Waals surface area contributed by atoms with Crippen molar-refractivity contribution in [3.8, 4) is 11.6 Å². The number of benzene rings is 2. The van der Waals surface area contributed by atoms with E-state index in [4.69, 9.17) is 0 Å². The monoisotopic (exact) mass is 402 g/mol. The lowest BCUT2D eigenvalue weighted by molar-refractivity contribution is 0.252. The largest absolute Gasteiger partial charge is 0.494 e. The van der Waals surface area contributed by atoms with Crippen LogP contribution in [0.2, 0.25) is 0 Å². The fourth-order valence-corrected chi connectivity index (χ4v) is 4.44. The quantitative estimate of drug-likeness (QED) is 0.480. The Bertz CT molecular complexity index is 1380. The van der Waals surface area contributed by atoms with E-state index < -0.39 is 17.3 Å².